The number of nitro benzene ring substituents is 1. The van der Waals surface area contributed by atoms with Crippen molar-refractivity contribution in [1.82, 2.24) is 0 Å². The van der Waals surface area contributed by atoms with Crippen molar-refractivity contribution in [2.75, 3.05) is 5.32 Å². The van der Waals surface area contributed by atoms with Gasteiger partial charge in [-0.3, -0.25) is 14.9 Å². The minimum Gasteiger partial charge on any atom is -0.484 e. The molecule has 2 N–H and O–H groups in total. The molecule has 0 aliphatic rings. The third-order valence-corrected chi connectivity index (χ3v) is 4.84. The second kappa shape index (κ2) is 11.1. The van der Waals surface area contributed by atoms with Crippen LogP contribution in [0, 0.1) is 10.1 Å². The van der Waals surface area contributed by atoms with Crippen LogP contribution in [0.4, 0.5) is 11.4 Å². The average molecular weight is 428 g/mol. The van der Waals surface area contributed by atoms with Crippen LogP contribution in [-0.2, 0) is 4.79 Å². The molecule has 0 heterocycles. The highest BCUT2D eigenvalue weighted by molar-refractivity contribution is 5.96. The van der Waals surface area contributed by atoms with Gasteiger partial charge < -0.3 is 15.2 Å². The van der Waals surface area contributed by atoms with E-state index in [1.54, 1.807) is 12.1 Å². The van der Waals surface area contributed by atoms with E-state index in [0.29, 0.717) is 16.8 Å². The second-order valence-corrected chi connectivity index (χ2v) is 7.46. The van der Waals surface area contributed by atoms with Gasteiger partial charge in [-0.2, -0.15) is 0 Å². The second-order valence-electron chi connectivity index (χ2n) is 7.46. The minimum absolute atomic E-state index is 0.0858. The third-order valence-electron chi connectivity index (χ3n) is 4.84. The van der Waals surface area contributed by atoms with Gasteiger partial charge in [-0.1, -0.05) is 38.3 Å². The van der Waals surface area contributed by atoms with Gasteiger partial charge in [0, 0.05) is 24.6 Å². The molecule has 2 aromatic rings. The standard InChI is InChI=1S/C23H28N2O6/c1-4-5-6-7-8-15(2)31-22-14-20(24-16(3)26)19(13-21(22)25(29)30)17-9-11-18(12-10-17)23(27)28/h9-15H,4-8H2,1-3H3,(H,24,26)(H,27,28)/t15-/m1/s1. The summed E-state index contributed by atoms with van der Waals surface area (Å²) in [4.78, 5) is 34.0. The van der Waals surface area contributed by atoms with Gasteiger partial charge in [0.05, 0.1) is 22.3 Å². The quantitative estimate of drug-likeness (QED) is 0.271. The highest BCUT2D eigenvalue weighted by Gasteiger charge is 2.22. The fourth-order valence-electron chi connectivity index (χ4n) is 3.26. The van der Waals surface area contributed by atoms with Crippen molar-refractivity contribution < 1.29 is 24.4 Å². The Kier molecular flexibility index (Phi) is 8.54. The summed E-state index contributed by atoms with van der Waals surface area (Å²) < 4.78 is 5.88. The first-order chi connectivity index (χ1) is 14.7. The van der Waals surface area contributed by atoms with E-state index < -0.39 is 10.9 Å². The number of nitrogens with zero attached hydrogens (tertiary/aromatic N) is 1. The van der Waals surface area contributed by atoms with Gasteiger partial charge in [0.2, 0.25) is 5.91 Å². The summed E-state index contributed by atoms with van der Waals surface area (Å²) in [6, 6.07) is 8.71. The molecule has 0 bridgehead atoms. The largest absolute Gasteiger partial charge is 0.484 e. The molecule has 0 aromatic heterocycles. The van der Waals surface area contributed by atoms with E-state index in [0.717, 1.165) is 32.1 Å². The molecule has 8 nitrogen and oxygen atoms in total. The van der Waals surface area contributed by atoms with Crippen molar-refractivity contribution in [3.05, 3.63) is 52.1 Å². The Morgan fingerprint density at radius 1 is 1.16 bits per heavy atom. The first-order valence-electron chi connectivity index (χ1n) is 10.3. The van der Waals surface area contributed by atoms with Crippen LogP contribution >= 0.6 is 0 Å². The van der Waals surface area contributed by atoms with E-state index in [9.17, 15) is 19.7 Å². The van der Waals surface area contributed by atoms with Gasteiger partial charge in [0.1, 0.15) is 0 Å². The molecule has 0 spiro atoms. The predicted octanol–water partition coefficient (Wildman–Crippen LogP) is 5.66. The van der Waals surface area contributed by atoms with Crippen molar-refractivity contribution >= 4 is 23.3 Å². The number of benzene rings is 2. The van der Waals surface area contributed by atoms with E-state index >= 15 is 0 Å². The maximum atomic E-state index is 11.7. The Bertz CT molecular complexity index is 940. The van der Waals surface area contributed by atoms with Crippen LogP contribution in [0.5, 0.6) is 5.75 Å². The average Bonchev–Trinajstić information content (AvgIpc) is 2.71. The molecule has 0 fully saturated rings. The number of amides is 1. The highest BCUT2D eigenvalue weighted by Crippen LogP contribution is 2.39. The zero-order valence-electron chi connectivity index (χ0n) is 18.0. The molecule has 0 saturated heterocycles. The summed E-state index contributed by atoms with van der Waals surface area (Å²) in [7, 11) is 0. The number of hydrogen-bond acceptors (Lipinski definition) is 5. The Hall–Kier alpha value is -3.42. The van der Waals surface area contributed by atoms with Gasteiger partial charge >= 0.3 is 11.7 Å². The molecular formula is C23H28N2O6. The number of nitro groups is 1. The van der Waals surface area contributed by atoms with E-state index in [-0.39, 0.29) is 29.0 Å². The first-order valence-corrected chi connectivity index (χ1v) is 10.3. The Labute approximate surface area is 181 Å². The maximum absolute atomic E-state index is 11.7. The number of ether oxygens (including phenoxy) is 1. The van der Waals surface area contributed by atoms with Gasteiger partial charge in [0.15, 0.2) is 5.75 Å². The van der Waals surface area contributed by atoms with E-state index in [4.69, 9.17) is 9.84 Å². The Balaban J connectivity index is 2.42. The van der Waals surface area contributed by atoms with Crippen LogP contribution in [0.25, 0.3) is 11.1 Å². The lowest BCUT2D eigenvalue weighted by atomic mass is 10.0. The molecule has 31 heavy (non-hydrogen) atoms. The number of unbranched alkanes of at least 4 members (excludes halogenated alkanes) is 3. The molecule has 1 amide bonds. The number of carbonyl (C=O) groups excluding carboxylic acids is 1. The fourth-order valence-corrected chi connectivity index (χ4v) is 3.26. The van der Waals surface area contributed by atoms with Crippen LogP contribution in [0.15, 0.2) is 36.4 Å². The SMILES string of the molecule is CCCCCC[C@@H](C)Oc1cc(NC(C)=O)c(-c2ccc(C(=O)O)cc2)cc1[N+](=O)[O-]. The number of carboxylic acids is 1. The lowest BCUT2D eigenvalue weighted by Gasteiger charge is -2.18. The summed E-state index contributed by atoms with van der Waals surface area (Å²) >= 11 is 0. The number of nitrogens with one attached hydrogen (secondary N) is 1. The molecule has 0 unspecified atom stereocenters. The molecule has 2 rings (SSSR count). The summed E-state index contributed by atoms with van der Waals surface area (Å²) in [5.41, 5.74) is 1.18. The normalized spacial score (nSPS) is 11.6. The number of anilines is 1. The summed E-state index contributed by atoms with van der Waals surface area (Å²) in [5.74, 6) is -1.32. The zero-order valence-corrected chi connectivity index (χ0v) is 18.0. The monoisotopic (exact) mass is 428 g/mol. The molecule has 2 aromatic carbocycles. The number of carboxylic acid groups (broad SMARTS) is 1. The lowest BCUT2D eigenvalue weighted by Crippen LogP contribution is -2.14. The lowest BCUT2D eigenvalue weighted by molar-refractivity contribution is -0.386. The van der Waals surface area contributed by atoms with Gasteiger partial charge in [0.25, 0.3) is 0 Å². The van der Waals surface area contributed by atoms with Crippen molar-refractivity contribution in [2.24, 2.45) is 0 Å². The molecule has 1 atom stereocenters. The van der Waals surface area contributed by atoms with Crippen LogP contribution in [0.2, 0.25) is 0 Å². The van der Waals surface area contributed by atoms with Crippen molar-refractivity contribution in [3.8, 4) is 16.9 Å². The first kappa shape index (κ1) is 23.9. The summed E-state index contributed by atoms with van der Waals surface area (Å²) in [6.07, 6.45) is 4.85. The van der Waals surface area contributed by atoms with Gasteiger partial charge in [-0.05, 0) is 37.5 Å². The molecule has 0 saturated carbocycles. The zero-order chi connectivity index (χ0) is 23.0. The summed E-state index contributed by atoms with van der Waals surface area (Å²) in [6.45, 7) is 5.34. The highest BCUT2D eigenvalue weighted by atomic mass is 16.6. The van der Waals surface area contributed by atoms with Crippen LogP contribution < -0.4 is 10.1 Å². The van der Waals surface area contributed by atoms with Crippen molar-refractivity contribution in [1.29, 1.82) is 0 Å². The van der Waals surface area contributed by atoms with Gasteiger partial charge in [-0.25, -0.2) is 4.79 Å². The molecule has 0 radical (unpaired) electrons. The van der Waals surface area contributed by atoms with Gasteiger partial charge in [-0.15, -0.1) is 0 Å². The molecule has 166 valence electrons. The van der Waals surface area contributed by atoms with E-state index in [1.807, 2.05) is 6.92 Å². The number of aromatic carboxylic acids is 1. The fraction of sp³-hybridized carbons (Fsp3) is 0.391. The number of rotatable bonds is 11. The Morgan fingerprint density at radius 2 is 1.84 bits per heavy atom. The van der Waals surface area contributed by atoms with Crippen molar-refractivity contribution in [2.45, 2.75) is 59.0 Å². The van der Waals surface area contributed by atoms with Crippen LogP contribution in [0.1, 0.15) is 63.2 Å². The van der Waals surface area contributed by atoms with Crippen LogP contribution in [0.3, 0.4) is 0 Å². The number of hydrogen-bond donors (Lipinski definition) is 2. The minimum atomic E-state index is -1.07. The molecule has 0 aliphatic carbocycles. The molecular weight excluding hydrogens is 400 g/mol. The number of carbonyl (C=O) groups is 2. The van der Waals surface area contributed by atoms with Crippen LogP contribution in [-0.4, -0.2) is 28.0 Å². The molecule has 0 aliphatic heterocycles. The summed E-state index contributed by atoms with van der Waals surface area (Å²) in [5, 5.41) is 23.5. The van der Waals surface area contributed by atoms with Crippen molar-refractivity contribution in [3.63, 3.8) is 0 Å². The maximum Gasteiger partial charge on any atom is 0.335 e. The molecule has 8 heteroatoms. The smallest absolute Gasteiger partial charge is 0.335 e. The topological polar surface area (TPSA) is 119 Å². The van der Waals surface area contributed by atoms with E-state index in [1.165, 1.54) is 31.2 Å². The third kappa shape index (κ3) is 6.80. The Morgan fingerprint density at radius 3 is 2.39 bits per heavy atom. The predicted molar refractivity (Wildman–Crippen MR) is 119 cm³/mol. The van der Waals surface area contributed by atoms with E-state index in [2.05, 4.69) is 12.2 Å².